The molecule has 2 fully saturated rings. The zero-order chi connectivity index (χ0) is 22.0. The number of hydrogen-bond donors (Lipinski definition) is 1. The average Bonchev–Trinajstić information content (AvgIpc) is 3.03. The van der Waals surface area contributed by atoms with Gasteiger partial charge in [0, 0.05) is 44.8 Å². The monoisotopic (exact) mass is 423 g/mol. The molecule has 2 saturated heterocycles. The zero-order valence-corrected chi connectivity index (χ0v) is 17.6. The van der Waals surface area contributed by atoms with Crippen molar-refractivity contribution in [3.8, 4) is 0 Å². The Morgan fingerprint density at radius 2 is 1.87 bits per heavy atom. The van der Waals surface area contributed by atoms with E-state index in [0.717, 1.165) is 13.1 Å². The number of nitrogens with zero attached hydrogens (tertiary/aromatic N) is 5. The highest BCUT2D eigenvalue weighted by Gasteiger charge is 2.46. The first-order chi connectivity index (χ1) is 15.0. The second kappa shape index (κ2) is 8.91. The van der Waals surface area contributed by atoms with Gasteiger partial charge in [-0.05, 0) is 31.5 Å². The minimum Gasteiger partial charge on any atom is -0.507 e. The van der Waals surface area contributed by atoms with Crippen LogP contribution in [0.1, 0.15) is 28.7 Å². The van der Waals surface area contributed by atoms with Crippen LogP contribution in [-0.2, 0) is 14.3 Å². The summed E-state index contributed by atoms with van der Waals surface area (Å²) in [6, 6.07) is 2.80. The van der Waals surface area contributed by atoms with Crippen molar-refractivity contribution in [2.24, 2.45) is 0 Å². The Morgan fingerprint density at radius 3 is 2.55 bits per heavy atom. The maximum absolute atomic E-state index is 13.0. The average molecular weight is 423 g/mol. The molecule has 31 heavy (non-hydrogen) atoms. The number of carbonyl (C=O) groups is 2. The van der Waals surface area contributed by atoms with Gasteiger partial charge < -0.3 is 14.7 Å². The molecule has 9 nitrogen and oxygen atoms in total. The summed E-state index contributed by atoms with van der Waals surface area (Å²) in [5, 5.41) is 11.1. The van der Waals surface area contributed by atoms with Gasteiger partial charge >= 0.3 is 0 Å². The number of ketones is 1. The third-order valence-electron chi connectivity index (χ3n) is 5.68. The van der Waals surface area contributed by atoms with E-state index < -0.39 is 17.7 Å². The number of carbonyl (C=O) groups excluding carboxylic acids is 2. The van der Waals surface area contributed by atoms with Gasteiger partial charge in [0.25, 0.3) is 11.7 Å². The molecule has 1 N–H and O–H groups in total. The summed E-state index contributed by atoms with van der Waals surface area (Å²) in [6.07, 6.45) is 4.70. The van der Waals surface area contributed by atoms with E-state index in [9.17, 15) is 14.7 Å². The minimum absolute atomic E-state index is 0.0498. The second-order valence-corrected chi connectivity index (χ2v) is 7.64. The SMILES string of the molecule is Cc1ncc(C(O)=C2C(=O)C(=O)N(CCN3CCOCC3)[C@H]2c2ccncc2)c(C)n1. The lowest BCUT2D eigenvalue weighted by molar-refractivity contribution is -0.140. The molecule has 9 heteroatoms. The number of aliphatic hydroxyl groups is 1. The summed E-state index contributed by atoms with van der Waals surface area (Å²) in [5.74, 6) is -1.03. The molecule has 2 aliphatic rings. The number of ether oxygens (including phenoxy) is 1. The van der Waals surface area contributed by atoms with Gasteiger partial charge in [0.05, 0.1) is 36.1 Å². The topological polar surface area (TPSA) is 109 Å². The Morgan fingerprint density at radius 1 is 1.16 bits per heavy atom. The van der Waals surface area contributed by atoms with E-state index in [-0.39, 0.29) is 11.3 Å². The number of aryl methyl sites for hydroxylation is 2. The van der Waals surface area contributed by atoms with E-state index in [1.165, 1.54) is 11.1 Å². The maximum Gasteiger partial charge on any atom is 0.295 e. The molecule has 0 aromatic carbocycles. The molecule has 0 aliphatic carbocycles. The number of aromatic nitrogens is 3. The number of amides is 1. The van der Waals surface area contributed by atoms with Crippen molar-refractivity contribution in [2.75, 3.05) is 39.4 Å². The molecule has 0 spiro atoms. The fourth-order valence-corrected chi connectivity index (χ4v) is 4.04. The molecule has 162 valence electrons. The van der Waals surface area contributed by atoms with Crippen molar-refractivity contribution in [2.45, 2.75) is 19.9 Å². The molecule has 4 heterocycles. The predicted octanol–water partition coefficient (Wildman–Crippen LogP) is 1.24. The Labute approximate surface area is 180 Å². The number of pyridine rings is 1. The summed E-state index contributed by atoms with van der Waals surface area (Å²) in [5.41, 5.74) is 1.64. The van der Waals surface area contributed by atoms with Crippen LogP contribution in [0.5, 0.6) is 0 Å². The lowest BCUT2D eigenvalue weighted by Crippen LogP contribution is -2.42. The third kappa shape index (κ3) is 4.19. The lowest BCUT2D eigenvalue weighted by atomic mass is 9.96. The highest BCUT2D eigenvalue weighted by Crippen LogP contribution is 2.39. The van der Waals surface area contributed by atoms with E-state index in [0.29, 0.717) is 48.9 Å². The van der Waals surface area contributed by atoms with Crippen LogP contribution in [-0.4, -0.2) is 80.9 Å². The van der Waals surface area contributed by atoms with Gasteiger partial charge in [-0.15, -0.1) is 0 Å². The van der Waals surface area contributed by atoms with E-state index in [1.807, 2.05) is 0 Å². The number of hydrogen-bond acceptors (Lipinski definition) is 8. The number of likely N-dealkylation sites (tertiary alicyclic amines) is 1. The Hall–Kier alpha value is -3.17. The van der Waals surface area contributed by atoms with Crippen molar-refractivity contribution in [3.05, 3.63) is 58.9 Å². The summed E-state index contributed by atoms with van der Waals surface area (Å²) in [7, 11) is 0. The van der Waals surface area contributed by atoms with Gasteiger partial charge in [-0.3, -0.25) is 19.5 Å². The van der Waals surface area contributed by atoms with Crippen LogP contribution in [0.4, 0.5) is 0 Å². The van der Waals surface area contributed by atoms with Crippen molar-refractivity contribution in [1.29, 1.82) is 0 Å². The summed E-state index contributed by atoms with van der Waals surface area (Å²) >= 11 is 0. The summed E-state index contributed by atoms with van der Waals surface area (Å²) < 4.78 is 5.38. The number of morpholine rings is 1. The Bertz CT molecular complexity index is 1020. The van der Waals surface area contributed by atoms with Crippen LogP contribution < -0.4 is 0 Å². The molecule has 0 radical (unpaired) electrons. The molecule has 4 rings (SSSR count). The molecule has 0 bridgehead atoms. The van der Waals surface area contributed by atoms with Crippen LogP contribution >= 0.6 is 0 Å². The quantitative estimate of drug-likeness (QED) is 0.435. The van der Waals surface area contributed by atoms with E-state index in [4.69, 9.17) is 4.74 Å². The smallest absolute Gasteiger partial charge is 0.295 e. The van der Waals surface area contributed by atoms with Gasteiger partial charge in [-0.25, -0.2) is 9.97 Å². The fourth-order valence-electron chi connectivity index (χ4n) is 4.04. The molecule has 2 aromatic rings. The van der Waals surface area contributed by atoms with Gasteiger partial charge in [0.1, 0.15) is 11.6 Å². The lowest BCUT2D eigenvalue weighted by Gasteiger charge is -2.31. The largest absolute Gasteiger partial charge is 0.507 e. The standard InChI is InChI=1S/C22H25N5O4/c1-14-17(13-24-15(2)25-14)20(28)18-19(16-3-5-23-6-4-16)27(22(30)21(18)29)8-7-26-9-11-31-12-10-26/h3-6,13,19,28H,7-12H2,1-2H3/t19-/m0/s1. The van der Waals surface area contributed by atoms with Crippen molar-refractivity contribution >= 4 is 17.4 Å². The second-order valence-electron chi connectivity index (χ2n) is 7.64. The molecule has 2 aromatic heterocycles. The zero-order valence-electron chi connectivity index (χ0n) is 17.6. The van der Waals surface area contributed by atoms with Crippen molar-refractivity contribution in [3.63, 3.8) is 0 Å². The molecule has 1 amide bonds. The molecule has 0 unspecified atom stereocenters. The van der Waals surface area contributed by atoms with Gasteiger partial charge in [0.15, 0.2) is 0 Å². The summed E-state index contributed by atoms with van der Waals surface area (Å²) in [4.78, 5) is 42.2. The molecule has 0 saturated carbocycles. The van der Waals surface area contributed by atoms with Crippen molar-refractivity contribution < 1.29 is 19.4 Å². The third-order valence-corrected chi connectivity index (χ3v) is 5.68. The first-order valence-corrected chi connectivity index (χ1v) is 10.3. The van der Waals surface area contributed by atoms with E-state index in [2.05, 4.69) is 19.9 Å². The van der Waals surface area contributed by atoms with Crippen molar-refractivity contribution in [1.82, 2.24) is 24.8 Å². The van der Waals surface area contributed by atoms with E-state index in [1.54, 1.807) is 38.4 Å². The number of rotatable bonds is 5. The number of Topliss-reactive ketones (excluding diaryl/α,β-unsaturated/α-hetero) is 1. The number of aliphatic hydroxyl groups excluding tert-OH is 1. The maximum atomic E-state index is 13.0. The van der Waals surface area contributed by atoms with Gasteiger partial charge in [-0.1, -0.05) is 0 Å². The van der Waals surface area contributed by atoms with Crippen LogP contribution in [0, 0.1) is 13.8 Å². The molecular weight excluding hydrogens is 398 g/mol. The normalized spacial score (nSPS) is 21.6. The van der Waals surface area contributed by atoms with Crippen LogP contribution in [0.25, 0.3) is 5.76 Å². The van der Waals surface area contributed by atoms with Crippen LogP contribution in [0.2, 0.25) is 0 Å². The first-order valence-electron chi connectivity index (χ1n) is 10.3. The summed E-state index contributed by atoms with van der Waals surface area (Å²) in [6.45, 7) is 7.33. The predicted molar refractivity (Wildman–Crippen MR) is 112 cm³/mol. The van der Waals surface area contributed by atoms with Crippen LogP contribution in [0.15, 0.2) is 36.3 Å². The highest BCUT2D eigenvalue weighted by molar-refractivity contribution is 6.46. The minimum atomic E-state index is -0.707. The van der Waals surface area contributed by atoms with Gasteiger partial charge in [-0.2, -0.15) is 0 Å². The molecule has 2 aliphatic heterocycles. The first kappa shape index (κ1) is 21.1. The highest BCUT2D eigenvalue weighted by atomic mass is 16.5. The van der Waals surface area contributed by atoms with E-state index >= 15 is 0 Å². The van der Waals surface area contributed by atoms with Gasteiger partial charge in [0.2, 0.25) is 0 Å². The Balaban J connectivity index is 1.74. The van der Waals surface area contributed by atoms with Crippen LogP contribution in [0.3, 0.4) is 0 Å². The molecular formula is C22H25N5O4. The fraction of sp³-hybridized carbons (Fsp3) is 0.409. The molecule has 1 atom stereocenters. The Kier molecular flexibility index (Phi) is 6.06.